The predicted octanol–water partition coefficient (Wildman–Crippen LogP) is 4.78. The minimum absolute atomic E-state index is 0.208. The lowest BCUT2D eigenvalue weighted by atomic mass is 9.98. The second kappa shape index (κ2) is 8.89. The Balaban J connectivity index is 1.38. The number of hydrogen-bond acceptors (Lipinski definition) is 4. The minimum Gasteiger partial charge on any atom is -0.490 e. The van der Waals surface area contributed by atoms with E-state index in [9.17, 15) is 4.79 Å². The molecule has 1 aromatic heterocycles. The Morgan fingerprint density at radius 3 is 2.55 bits per heavy atom. The number of rotatable bonds is 7. The van der Waals surface area contributed by atoms with Gasteiger partial charge in [0.2, 0.25) is 0 Å². The second-order valence-electron chi connectivity index (χ2n) is 8.41. The van der Waals surface area contributed by atoms with Gasteiger partial charge >= 0.3 is 6.09 Å². The average Bonchev–Trinajstić information content (AvgIpc) is 3.48. The van der Waals surface area contributed by atoms with Crippen molar-refractivity contribution >= 4 is 6.09 Å². The zero-order valence-corrected chi connectivity index (χ0v) is 17.5. The van der Waals surface area contributed by atoms with Crippen LogP contribution in [0.5, 0.6) is 5.75 Å². The molecule has 1 heterocycles. The lowest BCUT2D eigenvalue weighted by molar-refractivity contribution is 0.101. The molecule has 2 saturated carbocycles. The lowest BCUT2D eigenvalue weighted by Gasteiger charge is -2.23. The summed E-state index contributed by atoms with van der Waals surface area (Å²) < 4.78 is 13.4. The number of benzene rings is 1. The van der Waals surface area contributed by atoms with E-state index in [1.54, 1.807) is 16.6 Å². The Hall–Kier alpha value is -2.50. The first-order valence-corrected chi connectivity index (χ1v) is 10.8. The maximum Gasteiger partial charge on any atom is 0.409 e. The van der Waals surface area contributed by atoms with Crippen LogP contribution in [0.3, 0.4) is 0 Å². The summed E-state index contributed by atoms with van der Waals surface area (Å²) >= 11 is 0. The van der Waals surface area contributed by atoms with E-state index in [0.717, 1.165) is 42.0 Å². The summed E-state index contributed by atoms with van der Waals surface area (Å²) in [5.74, 6) is 1.56. The third-order valence-corrected chi connectivity index (χ3v) is 5.95. The Morgan fingerprint density at radius 2 is 1.86 bits per heavy atom. The zero-order valence-electron chi connectivity index (χ0n) is 17.5. The maximum absolute atomic E-state index is 12.3. The second-order valence-corrected chi connectivity index (χ2v) is 8.41. The predicted molar refractivity (Wildman–Crippen MR) is 112 cm³/mol. The van der Waals surface area contributed by atoms with Crippen LogP contribution in [0.4, 0.5) is 4.79 Å². The van der Waals surface area contributed by atoms with Crippen LogP contribution in [0.15, 0.2) is 30.5 Å². The van der Waals surface area contributed by atoms with Crippen molar-refractivity contribution < 1.29 is 14.3 Å². The molecule has 6 heteroatoms. The normalized spacial score (nSPS) is 17.2. The van der Waals surface area contributed by atoms with Crippen molar-refractivity contribution in [1.29, 1.82) is 0 Å². The zero-order chi connectivity index (χ0) is 20.2. The molecule has 0 spiro atoms. The Bertz CT molecular complexity index is 820. The summed E-state index contributed by atoms with van der Waals surface area (Å²) in [5.41, 5.74) is 2.92. The first-order valence-electron chi connectivity index (χ1n) is 10.8. The number of ether oxygens (including phenoxy) is 2. The van der Waals surface area contributed by atoms with E-state index in [1.807, 2.05) is 25.4 Å². The van der Waals surface area contributed by atoms with Gasteiger partial charge in [-0.25, -0.2) is 4.79 Å². The molecule has 0 unspecified atom stereocenters. The molecule has 1 amide bonds. The molecule has 0 radical (unpaired) electrons. The molecule has 1 aromatic carbocycles. The topological polar surface area (TPSA) is 56.6 Å². The smallest absolute Gasteiger partial charge is 0.409 e. The van der Waals surface area contributed by atoms with Gasteiger partial charge in [0.1, 0.15) is 12.4 Å². The van der Waals surface area contributed by atoms with Crippen LogP contribution in [0.1, 0.15) is 50.6 Å². The molecular formula is C23H31N3O3. The van der Waals surface area contributed by atoms with E-state index >= 15 is 0 Å². The molecule has 29 heavy (non-hydrogen) atoms. The van der Waals surface area contributed by atoms with Gasteiger partial charge in [-0.15, -0.1) is 0 Å². The van der Waals surface area contributed by atoms with Crippen LogP contribution < -0.4 is 4.74 Å². The molecule has 2 aromatic rings. The van der Waals surface area contributed by atoms with Gasteiger partial charge < -0.3 is 14.4 Å². The fourth-order valence-corrected chi connectivity index (χ4v) is 3.97. The number of amides is 1. The standard InChI is InChI=1S/C23H31N3O3/c1-25(15-17-8-9-17)23(27)28-16-22-21(14-24-26(22)2)18-10-12-20(13-11-18)29-19-6-4-3-5-7-19/h10-14,17,19H,3-9,15-16H2,1-2H3. The van der Waals surface area contributed by atoms with Gasteiger partial charge in [-0.3, -0.25) is 4.68 Å². The molecule has 156 valence electrons. The highest BCUT2D eigenvalue weighted by atomic mass is 16.6. The van der Waals surface area contributed by atoms with Crippen LogP contribution in [0, 0.1) is 5.92 Å². The van der Waals surface area contributed by atoms with Gasteiger partial charge in [0.25, 0.3) is 0 Å². The van der Waals surface area contributed by atoms with E-state index in [-0.39, 0.29) is 12.7 Å². The Kier molecular flexibility index (Phi) is 6.07. The van der Waals surface area contributed by atoms with Gasteiger partial charge in [-0.2, -0.15) is 5.10 Å². The highest BCUT2D eigenvalue weighted by Gasteiger charge is 2.25. The fourth-order valence-electron chi connectivity index (χ4n) is 3.97. The molecule has 6 nitrogen and oxygen atoms in total. The van der Waals surface area contributed by atoms with Gasteiger partial charge in [0, 0.05) is 26.2 Å². The van der Waals surface area contributed by atoms with Crippen molar-refractivity contribution in [2.45, 2.75) is 57.7 Å². The summed E-state index contributed by atoms with van der Waals surface area (Å²) in [5, 5.41) is 4.37. The first kappa shape index (κ1) is 19.8. The minimum atomic E-state index is -0.278. The third kappa shape index (κ3) is 5.11. The number of hydrogen-bond donors (Lipinski definition) is 0. The quantitative estimate of drug-likeness (QED) is 0.675. The summed E-state index contributed by atoms with van der Waals surface area (Å²) in [6.45, 7) is 0.986. The molecule has 0 bridgehead atoms. The van der Waals surface area contributed by atoms with E-state index in [2.05, 4.69) is 17.2 Å². The van der Waals surface area contributed by atoms with Crippen molar-refractivity contribution in [3.8, 4) is 16.9 Å². The first-order chi connectivity index (χ1) is 14.1. The number of aryl methyl sites for hydroxylation is 1. The monoisotopic (exact) mass is 397 g/mol. The lowest BCUT2D eigenvalue weighted by Crippen LogP contribution is -2.29. The fraction of sp³-hybridized carbons (Fsp3) is 0.565. The average molecular weight is 398 g/mol. The summed E-state index contributed by atoms with van der Waals surface area (Å²) in [4.78, 5) is 13.9. The van der Waals surface area contributed by atoms with E-state index < -0.39 is 0 Å². The van der Waals surface area contributed by atoms with Crippen LogP contribution in [0.2, 0.25) is 0 Å². The van der Waals surface area contributed by atoms with Crippen LogP contribution in [0.25, 0.3) is 11.1 Å². The van der Waals surface area contributed by atoms with E-state index in [4.69, 9.17) is 9.47 Å². The van der Waals surface area contributed by atoms with Crippen molar-refractivity contribution in [3.05, 3.63) is 36.2 Å². The third-order valence-electron chi connectivity index (χ3n) is 5.95. The van der Waals surface area contributed by atoms with Crippen molar-refractivity contribution in [2.24, 2.45) is 13.0 Å². The number of nitrogens with zero attached hydrogens (tertiary/aromatic N) is 3. The summed E-state index contributed by atoms with van der Waals surface area (Å²) in [6, 6.07) is 8.16. The number of carbonyl (C=O) groups excluding carboxylic acids is 1. The van der Waals surface area contributed by atoms with Crippen molar-refractivity contribution in [3.63, 3.8) is 0 Å². The van der Waals surface area contributed by atoms with Gasteiger partial charge in [-0.05, 0) is 62.1 Å². The molecule has 0 saturated heterocycles. The molecule has 2 aliphatic rings. The molecule has 0 atom stereocenters. The van der Waals surface area contributed by atoms with Crippen molar-refractivity contribution in [2.75, 3.05) is 13.6 Å². The molecule has 2 aliphatic carbocycles. The summed E-state index contributed by atoms with van der Waals surface area (Å²) in [6.07, 6.45) is 10.5. The maximum atomic E-state index is 12.3. The van der Waals surface area contributed by atoms with E-state index in [1.165, 1.54) is 32.1 Å². The molecule has 2 fully saturated rings. The summed E-state index contributed by atoms with van der Waals surface area (Å²) in [7, 11) is 3.68. The molecule has 0 aliphatic heterocycles. The Labute approximate surface area is 172 Å². The van der Waals surface area contributed by atoms with E-state index in [0.29, 0.717) is 12.0 Å². The highest BCUT2D eigenvalue weighted by molar-refractivity contribution is 5.69. The molecular weight excluding hydrogens is 366 g/mol. The van der Waals surface area contributed by atoms with Gasteiger partial charge in [0.15, 0.2) is 0 Å². The number of carbonyl (C=O) groups is 1. The van der Waals surface area contributed by atoms with Crippen molar-refractivity contribution in [1.82, 2.24) is 14.7 Å². The van der Waals surface area contributed by atoms with Gasteiger partial charge in [0.05, 0.1) is 18.0 Å². The Morgan fingerprint density at radius 1 is 1.14 bits per heavy atom. The molecule has 4 rings (SSSR count). The highest BCUT2D eigenvalue weighted by Crippen LogP contribution is 2.30. The SMILES string of the molecule is CN(CC1CC1)C(=O)OCc1c(-c2ccc(OC3CCCCC3)cc2)cnn1C. The van der Waals surface area contributed by atoms with Crippen LogP contribution in [-0.4, -0.2) is 40.5 Å². The van der Waals surface area contributed by atoms with Gasteiger partial charge in [-0.1, -0.05) is 18.6 Å². The van der Waals surface area contributed by atoms with Crippen LogP contribution >= 0.6 is 0 Å². The largest absolute Gasteiger partial charge is 0.490 e. The van der Waals surface area contributed by atoms with Crippen LogP contribution in [-0.2, 0) is 18.4 Å². The number of aromatic nitrogens is 2. The molecule has 0 N–H and O–H groups in total.